The number of aromatic nitrogens is 3. The Hall–Kier alpha value is -3.87. The molecule has 7 heteroatoms. The molecule has 4 aromatic rings. The fraction of sp³-hybridized carbons (Fsp3) is 0.321. The summed E-state index contributed by atoms with van der Waals surface area (Å²) in [5.74, 6) is 1.91. The van der Waals surface area contributed by atoms with Gasteiger partial charge in [0.05, 0.1) is 6.42 Å². The Balaban J connectivity index is 1.10. The molecule has 35 heavy (non-hydrogen) atoms. The second-order valence-corrected chi connectivity index (χ2v) is 9.48. The Morgan fingerprint density at radius 3 is 2.51 bits per heavy atom. The Bertz CT molecular complexity index is 1370. The number of hydrogen-bond acceptors (Lipinski definition) is 5. The van der Waals surface area contributed by atoms with Gasteiger partial charge in [-0.15, -0.1) is 0 Å². The largest absolute Gasteiger partial charge is 0.353 e. The van der Waals surface area contributed by atoms with Crippen molar-refractivity contribution in [1.29, 1.82) is 0 Å². The number of nitrogens with zero attached hydrogens (tertiary/aromatic N) is 6. The normalized spacial score (nSPS) is 16.0. The molecule has 2 aliphatic heterocycles. The van der Waals surface area contributed by atoms with Crippen molar-refractivity contribution in [3.63, 3.8) is 0 Å². The second-order valence-electron chi connectivity index (χ2n) is 9.48. The van der Waals surface area contributed by atoms with Gasteiger partial charge in [-0.1, -0.05) is 42.5 Å². The van der Waals surface area contributed by atoms with Crippen molar-refractivity contribution in [2.24, 2.45) is 7.05 Å². The maximum Gasteiger partial charge on any atom is 0.227 e. The minimum atomic E-state index is 0.191. The summed E-state index contributed by atoms with van der Waals surface area (Å²) >= 11 is 0. The molecule has 0 bridgehead atoms. The van der Waals surface area contributed by atoms with E-state index in [0.29, 0.717) is 19.5 Å². The van der Waals surface area contributed by atoms with Gasteiger partial charge in [-0.2, -0.15) is 4.98 Å². The molecule has 6 rings (SSSR count). The number of carbonyl (C=O) groups is 1. The standard InChI is InChI=1S/C28H30N6O/c1-31-19-23(24-8-4-5-9-25(24)31)18-27(35)33-16-14-32(15-17-33)26-10-12-29-28(30-26)34-13-11-21-6-2-3-7-22(21)20-34/h2-10,12,19H,11,13-18,20H2,1H3. The molecule has 0 spiro atoms. The van der Waals surface area contributed by atoms with E-state index in [9.17, 15) is 4.79 Å². The first-order valence-corrected chi connectivity index (χ1v) is 12.4. The number of fused-ring (bicyclic) bond motifs is 2. The van der Waals surface area contributed by atoms with Crippen LogP contribution in [0.4, 0.5) is 11.8 Å². The Labute approximate surface area is 205 Å². The van der Waals surface area contributed by atoms with Crippen LogP contribution < -0.4 is 9.80 Å². The number of carbonyl (C=O) groups excluding carboxylic acids is 1. The van der Waals surface area contributed by atoms with Gasteiger partial charge in [0.25, 0.3) is 0 Å². The zero-order valence-corrected chi connectivity index (χ0v) is 20.1. The number of benzene rings is 2. The lowest BCUT2D eigenvalue weighted by atomic mass is 10.0. The zero-order chi connectivity index (χ0) is 23.8. The van der Waals surface area contributed by atoms with Crippen molar-refractivity contribution >= 4 is 28.6 Å². The quantitative estimate of drug-likeness (QED) is 0.461. The highest BCUT2D eigenvalue weighted by atomic mass is 16.2. The topological polar surface area (TPSA) is 57.5 Å². The van der Waals surface area contributed by atoms with Gasteiger partial charge in [-0.05, 0) is 35.2 Å². The molecule has 0 saturated carbocycles. The van der Waals surface area contributed by atoms with Gasteiger partial charge in [-0.3, -0.25) is 4.79 Å². The first-order valence-electron chi connectivity index (χ1n) is 12.4. The third kappa shape index (κ3) is 4.22. The smallest absolute Gasteiger partial charge is 0.227 e. The van der Waals surface area contributed by atoms with E-state index in [4.69, 9.17) is 4.98 Å². The van der Waals surface area contributed by atoms with Crippen LogP contribution in [0.15, 0.2) is 67.0 Å². The molecule has 0 radical (unpaired) electrons. The molecule has 1 amide bonds. The lowest BCUT2D eigenvalue weighted by Crippen LogP contribution is -2.49. The number of para-hydroxylation sites is 1. The van der Waals surface area contributed by atoms with E-state index in [0.717, 1.165) is 60.8 Å². The van der Waals surface area contributed by atoms with Gasteiger partial charge in [-0.25, -0.2) is 4.98 Å². The highest BCUT2D eigenvalue weighted by molar-refractivity contribution is 5.89. The number of hydrogen-bond donors (Lipinski definition) is 0. The molecule has 2 aliphatic rings. The molecule has 2 aromatic carbocycles. The van der Waals surface area contributed by atoms with Crippen LogP contribution in [0.3, 0.4) is 0 Å². The summed E-state index contributed by atoms with van der Waals surface area (Å²) < 4.78 is 2.10. The Morgan fingerprint density at radius 1 is 0.886 bits per heavy atom. The van der Waals surface area contributed by atoms with Crippen molar-refractivity contribution in [1.82, 2.24) is 19.4 Å². The van der Waals surface area contributed by atoms with E-state index >= 15 is 0 Å². The SMILES string of the molecule is Cn1cc(CC(=O)N2CCN(c3ccnc(N4CCc5ccccc5C4)n3)CC2)c2ccccc21. The lowest BCUT2D eigenvalue weighted by molar-refractivity contribution is -0.130. The van der Waals surface area contributed by atoms with Crippen molar-refractivity contribution < 1.29 is 4.79 Å². The molecule has 2 aromatic heterocycles. The number of anilines is 2. The fourth-order valence-electron chi connectivity index (χ4n) is 5.36. The van der Waals surface area contributed by atoms with E-state index in [1.165, 1.54) is 11.1 Å². The molecular weight excluding hydrogens is 436 g/mol. The summed E-state index contributed by atoms with van der Waals surface area (Å²) in [6.07, 6.45) is 5.40. The van der Waals surface area contributed by atoms with Crippen LogP contribution in [0.2, 0.25) is 0 Å². The summed E-state index contributed by atoms with van der Waals surface area (Å²) in [5.41, 5.74) is 5.03. The number of piperazine rings is 1. The van der Waals surface area contributed by atoms with Gasteiger partial charge in [0.2, 0.25) is 11.9 Å². The van der Waals surface area contributed by atoms with Crippen LogP contribution in [0.1, 0.15) is 16.7 Å². The monoisotopic (exact) mass is 466 g/mol. The van der Waals surface area contributed by atoms with E-state index in [-0.39, 0.29) is 5.91 Å². The average molecular weight is 467 g/mol. The molecule has 0 atom stereocenters. The molecule has 0 N–H and O–H groups in total. The average Bonchev–Trinajstić information content (AvgIpc) is 3.23. The third-order valence-electron chi connectivity index (χ3n) is 7.32. The van der Waals surface area contributed by atoms with Crippen LogP contribution in [0.5, 0.6) is 0 Å². The minimum Gasteiger partial charge on any atom is -0.353 e. The fourth-order valence-corrected chi connectivity index (χ4v) is 5.36. The second kappa shape index (κ2) is 9.06. The third-order valence-corrected chi connectivity index (χ3v) is 7.32. The van der Waals surface area contributed by atoms with Crippen molar-refractivity contribution in [2.45, 2.75) is 19.4 Å². The molecule has 0 unspecified atom stereocenters. The molecular formula is C28H30N6O. The minimum absolute atomic E-state index is 0.191. The maximum atomic E-state index is 13.1. The molecule has 1 fully saturated rings. The summed E-state index contributed by atoms with van der Waals surface area (Å²) in [7, 11) is 2.04. The Kier molecular flexibility index (Phi) is 5.60. The Morgan fingerprint density at radius 2 is 1.66 bits per heavy atom. The molecule has 0 aliphatic carbocycles. The summed E-state index contributed by atoms with van der Waals surface area (Å²) in [4.78, 5) is 29.1. The molecule has 178 valence electrons. The maximum absolute atomic E-state index is 13.1. The highest BCUT2D eigenvalue weighted by Crippen LogP contribution is 2.25. The van der Waals surface area contributed by atoms with E-state index in [1.54, 1.807) is 0 Å². The zero-order valence-electron chi connectivity index (χ0n) is 20.1. The van der Waals surface area contributed by atoms with Gasteiger partial charge in [0.1, 0.15) is 5.82 Å². The summed E-state index contributed by atoms with van der Waals surface area (Å²) in [6, 6.07) is 18.9. The summed E-state index contributed by atoms with van der Waals surface area (Å²) in [5, 5.41) is 1.16. The molecule has 4 heterocycles. The van der Waals surface area contributed by atoms with Gasteiger partial charge >= 0.3 is 0 Å². The van der Waals surface area contributed by atoms with Gasteiger partial charge in [0, 0.05) is 69.6 Å². The van der Waals surface area contributed by atoms with Crippen LogP contribution in [0.25, 0.3) is 10.9 Å². The van der Waals surface area contributed by atoms with Crippen LogP contribution in [-0.4, -0.2) is 58.1 Å². The highest BCUT2D eigenvalue weighted by Gasteiger charge is 2.24. The van der Waals surface area contributed by atoms with Crippen LogP contribution >= 0.6 is 0 Å². The number of aryl methyl sites for hydroxylation is 1. The molecule has 7 nitrogen and oxygen atoms in total. The number of rotatable bonds is 4. The predicted molar refractivity (Wildman–Crippen MR) is 139 cm³/mol. The van der Waals surface area contributed by atoms with Crippen LogP contribution in [0, 0.1) is 0 Å². The lowest BCUT2D eigenvalue weighted by Gasteiger charge is -2.36. The summed E-state index contributed by atoms with van der Waals surface area (Å²) in [6.45, 7) is 4.74. The van der Waals surface area contributed by atoms with E-state index in [2.05, 4.69) is 61.9 Å². The van der Waals surface area contributed by atoms with Crippen molar-refractivity contribution in [3.05, 3.63) is 83.7 Å². The molecule has 1 saturated heterocycles. The van der Waals surface area contributed by atoms with Gasteiger partial charge < -0.3 is 19.3 Å². The van der Waals surface area contributed by atoms with Crippen LogP contribution in [-0.2, 0) is 31.2 Å². The predicted octanol–water partition coefficient (Wildman–Crippen LogP) is 3.42. The van der Waals surface area contributed by atoms with Crippen molar-refractivity contribution in [2.75, 3.05) is 42.5 Å². The van der Waals surface area contributed by atoms with Crippen molar-refractivity contribution in [3.8, 4) is 0 Å². The number of amides is 1. The van der Waals surface area contributed by atoms with E-state index < -0.39 is 0 Å². The van der Waals surface area contributed by atoms with Gasteiger partial charge in [0.15, 0.2) is 0 Å². The first kappa shape index (κ1) is 21.6. The first-order chi connectivity index (χ1) is 17.2. The van der Waals surface area contributed by atoms with E-state index in [1.807, 2.05) is 36.3 Å².